The second-order valence-corrected chi connectivity index (χ2v) is 8.42. The first-order chi connectivity index (χ1) is 12.6. The molecule has 1 saturated heterocycles. The van der Waals surface area contributed by atoms with Gasteiger partial charge in [-0.15, -0.1) is 23.5 Å². The molecule has 0 aliphatic carbocycles. The van der Waals surface area contributed by atoms with Crippen molar-refractivity contribution >= 4 is 46.5 Å². The minimum atomic E-state index is -0.438. The molecule has 0 unspecified atom stereocenters. The summed E-state index contributed by atoms with van der Waals surface area (Å²) in [5, 5.41) is 16.8. The third-order valence-electron chi connectivity index (χ3n) is 3.83. The van der Waals surface area contributed by atoms with E-state index in [1.54, 1.807) is 18.2 Å². The number of benzene rings is 2. The summed E-state index contributed by atoms with van der Waals surface area (Å²) in [5.74, 6) is 2.19. The highest BCUT2D eigenvalue weighted by molar-refractivity contribution is 8.19. The maximum Gasteiger partial charge on any atom is 0.292 e. The van der Waals surface area contributed by atoms with Gasteiger partial charge in [-0.25, -0.2) is 0 Å². The Morgan fingerprint density at radius 1 is 1.15 bits per heavy atom. The maximum atomic E-state index is 12.2. The number of nitro benzene ring substituents is 1. The van der Waals surface area contributed by atoms with Crippen LogP contribution in [0.1, 0.15) is 16.6 Å². The van der Waals surface area contributed by atoms with Crippen molar-refractivity contribution in [3.63, 3.8) is 0 Å². The van der Waals surface area contributed by atoms with Crippen LogP contribution in [0.5, 0.6) is 0 Å². The molecule has 0 radical (unpaired) electrons. The number of nitrogens with one attached hydrogen (secondary N) is 2. The molecule has 0 saturated carbocycles. The van der Waals surface area contributed by atoms with Crippen LogP contribution in [0.25, 0.3) is 0 Å². The van der Waals surface area contributed by atoms with Gasteiger partial charge in [0.1, 0.15) is 5.69 Å². The Labute approximate surface area is 160 Å². The second kappa shape index (κ2) is 8.95. The lowest BCUT2D eigenvalue weighted by Gasteiger charge is -2.11. The number of hydrogen-bond acceptors (Lipinski definition) is 6. The summed E-state index contributed by atoms with van der Waals surface area (Å²) >= 11 is 3.85. The number of carbonyl (C=O) groups excluding carboxylic acids is 1. The summed E-state index contributed by atoms with van der Waals surface area (Å²) in [6.45, 7) is 0.324. The quantitative estimate of drug-likeness (QED) is 0.535. The highest BCUT2D eigenvalue weighted by Gasteiger charge is 2.18. The second-order valence-electron chi connectivity index (χ2n) is 5.70. The lowest BCUT2D eigenvalue weighted by molar-refractivity contribution is -0.384. The van der Waals surface area contributed by atoms with Gasteiger partial charge < -0.3 is 10.6 Å². The average Bonchev–Trinajstić information content (AvgIpc) is 3.17. The Hall–Kier alpha value is -2.19. The van der Waals surface area contributed by atoms with Crippen molar-refractivity contribution in [3.05, 3.63) is 64.2 Å². The lowest BCUT2D eigenvalue weighted by Crippen LogP contribution is -2.16. The highest BCUT2D eigenvalue weighted by Crippen LogP contribution is 2.45. The molecule has 8 heteroatoms. The van der Waals surface area contributed by atoms with E-state index in [-0.39, 0.29) is 18.0 Å². The van der Waals surface area contributed by atoms with Crippen LogP contribution in [0.4, 0.5) is 17.1 Å². The average molecular weight is 390 g/mol. The molecule has 0 aromatic heterocycles. The zero-order valence-electron chi connectivity index (χ0n) is 14.0. The Morgan fingerprint density at radius 2 is 1.92 bits per heavy atom. The molecule has 3 rings (SSSR count). The predicted molar refractivity (Wildman–Crippen MR) is 109 cm³/mol. The molecule has 26 heavy (non-hydrogen) atoms. The molecule has 2 aromatic carbocycles. The summed E-state index contributed by atoms with van der Waals surface area (Å²) in [5.41, 5.74) is 2.43. The van der Waals surface area contributed by atoms with E-state index in [1.807, 2.05) is 41.7 Å². The van der Waals surface area contributed by atoms with Crippen LogP contribution in [-0.2, 0) is 4.79 Å². The fourth-order valence-corrected chi connectivity index (χ4v) is 5.47. The summed E-state index contributed by atoms with van der Waals surface area (Å²) in [6, 6.07) is 14.3. The summed E-state index contributed by atoms with van der Waals surface area (Å²) in [7, 11) is 0. The zero-order valence-corrected chi connectivity index (χ0v) is 15.6. The van der Waals surface area contributed by atoms with Crippen LogP contribution in [0.3, 0.4) is 0 Å². The molecule has 1 aliphatic heterocycles. The molecule has 2 N–H and O–H groups in total. The minimum Gasteiger partial charge on any atom is -0.379 e. The summed E-state index contributed by atoms with van der Waals surface area (Å²) in [4.78, 5) is 22.7. The van der Waals surface area contributed by atoms with Gasteiger partial charge in [0.15, 0.2) is 0 Å². The number of nitro groups is 1. The van der Waals surface area contributed by atoms with Gasteiger partial charge in [-0.2, -0.15) is 0 Å². The molecule has 0 spiro atoms. The number of amides is 1. The normalized spacial score (nSPS) is 14.2. The van der Waals surface area contributed by atoms with Crippen molar-refractivity contribution < 1.29 is 9.72 Å². The maximum absolute atomic E-state index is 12.2. The van der Waals surface area contributed by atoms with Crippen LogP contribution >= 0.6 is 23.5 Å². The molecule has 2 aromatic rings. The molecule has 6 nitrogen and oxygen atoms in total. The van der Waals surface area contributed by atoms with Crippen LogP contribution < -0.4 is 10.6 Å². The van der Waals surface area contributed by atoms with Gasteiger partial charge in [0.25, 0.3) is 5.69 Å². The number of carbonyl (C=O) groups is 1. The van der Waals surface area contributed by atoms with E-state index < -0.39 is 4.92 Å². The molecule has 0 atom stereocenters. The van der Waals surface area contributed by atoms with Gasteiger partial charge in [-0.05, 0) is 23.8 Å². The predicted octanol–water partition coefficient (Wildman–Crippen LogP) is 4.51. The number of hydrogen-bond donors (Lipinski definition) is 2. The Morgan fingerprint density at radius 3 is 2.69 bits per heavy atom. The third-order valence-corrected chi connectivity index (χ3v) is 6.94. The van der Waals surface area contributed by atoms with Gasteiger partial charge in [-0.1, -0.05) is 24.3 Å². The molecule has 1 aliphatic rings. The van der Waals surface area contributed by atoms with Crippen LogP contribution in [0.15, 0.2) is 48.5 Å². The van der Waals surface area contributed by atoms with Crippen molar-refractivity contribution in [1.82, 2.24) is 0 Å². The Balaban J connectivity index is 1.52. The van der Waals surface area contributed by atoms with E-state index in [2.05, 4.69) is 16.7 Å². The van der Waals surface area contributed by atoms with Crippen molar-refractivity contribution in [2.75, 3.05) is 28.7 Å². The fraction of sp³-hybridized carbons (Fsp3) is 0.278. The van der Waals surface area contributed by atoms with Gasteiger partial charge in [0.2, 0.25) is 5.91 Å². The van der Waals surface area contributed by atoms with Crippen LogP contribution in [0, 0.1) is 10.1 Å². The molecule has 1 fully saturated rings. The first-order valence-corrected chi connectivity index (χ1v) is 10.3. The zero-order chi connectivity index (χ0) is 18.4. The van der Waals surface area contributed by atoms with Crippen LogP contribution in [-0.4, -0.2) is 28.9 Å². The van der Waals surface area contributed by atoms with E-state index in [1.165, 1.54) is 11.6 Å². The molecule has 136 valence electrons. The molecular formula is C18H19N3O3S2. The Kier molecular flexibility index (Phi) is 6.40. The van der Waals surface area contributed by atoms with Crippen molar-refractivity contribution in [2.45, 2.75) is 11.0 Å². The fourth-order valence-electron chi connectivity index (χ4n) is 2.63. The Bertz CT molecular complexity index is 795. The topological polar surface area (TPSA) is 84.3 Å². The van der Waals surface area contributed by atoms with Crippen LogP contribution in [0.2, 0.25) is 0 Å². The van der Waals surface area contributed by atoms with Gasteiger partial charge in [-0.3, -0.25) is 14.9 Å². The molecular weight excluding hydrogens is 370 g/mol. The van der Waals surface area contributed by atoms with E-state index in [0.717, 1.165) is 17.2 Å². The van der Waals surface area contributed by atoms with Gasteiger partial charge in [0, 0.05) is 36.2 Å². The first kappa shape index (κ1) is 18.6. The number of nitrogens with zero attached hydrogens (tertiary/aromatic N) is 1. The van der Waals surface area contributed by atoms with Gasteiger partial charge in [0.05, 0.1) is 9.51 Å². The standard InChI is InChI=1S/C18H19N3O3S2/c22-17(8-9-19-15-6-1-2-7-16(15)21(23)24)20-14-5-3-4-13(12-14)18-25-10-11-26-18/h1-7,12,18-19H,8-11H2,(H,20,22). The minimum absolute atomic E-state index is 0.00664. The lowest BCUT2D eigenvalue weighted by atomic mass is 10.2. The number of anilines is 2. The highest BCUT2D eigenvalue weighted by atomic mass is 32.2. The summed E-state index contributed by atoms with van der Waals surface area (Å²) < 4.78 is 0.437. The van der Waals surface area contributed by atoms with E-state index in [4.69, 9.17) is 0 Å². The third kappa shape index (κ3) is 4.92. The van der Waals surface area contributed by atoms with Gasteiger partial charge >= 0.3 is 0 Å². The van der Waals surface area contributed by atoms with Crippen molar-refractivity contribution in [2.24, 2.45) is 0 Å². The SMILES string of the molecule is O=C(CCNc1ccccc1[N+](=O)[O-])Nc1cccc(C2SCCS2)c1. The van der Waals surface area contributed by atoms with E-state index in [0.29, 0.717) is 16.8 Å². The van der Waals surface area contributed by atoms with E-state index >= 15 is 0 Å². The number of para-hydroxylation sites is 2. The smallest absolute Gasteiger partial charge is 0.292 e. The molecule has 1 amide bonds. The number of thioether (sulfide) groups is 2. The molecule has 1 heterocycles. The van der Waals surface area contributed by atoms with Crippen molar-refractivity contribution in [3.8, 4) is 0 Å². The largest absolute Gasteiger partial charge is 0.379 e. The number of rotatable bonds is 7. The monoisotopic (exact) mass is 389 g/mol. The van der Waals surface area contributed by atoms with E-state index in [9.17, 15) is 14.9 Å². The molecule has 0 bridgehead atoms. The summed E-state index contributed by atoms with van der Waals surface area (Å²) in [6.07, 6.45) is 0.225. The first-order valence-electron chi connectivity index (χ1n) is 8.24. The van der Waals surface area contributed by atoms with Crippen molar-refractivity contribution in [1.29, 1.82) is 0 Å².